The number of piperidine rings is 1. The highest BCUT2D eigenvalue weighted by Gasteiger charge is 2.28. The van der Waals surface area contributed by atoms with Gasteiger partial charge in [0.2, 0.25) is 5.91 Å². The molecule has 1 atom stereocenters. The van der Waals surface area contributed by atoms with Gasteiger partial charge in [-0.25, -0.2) is 0 Å². The molecule has 108 valence electrons. The summed E-state index contributed by atoms with van der Waals surface area (Å²) >= 11 is 1.12. The molecule has 1 fully saturated rings. The Morgan fingerprint density at radius 2 is 1.95 bits per heavy atom. The summed E-state index contributed by atoms with van der Waals surface area (Å²) in [6.07, 6.45) is 1.22. The smallest absolute Gasteiger partial charge is 0.316 e. The van der Waals surface area contributed by atoms with Gasteiger partial charge in [-0.15, -0.1) is 11.8 Å². The number of hydrogen-bond donors (Lipinski definition) is 1. The number of amides is 1. The molecule has 0 spiro atoms. The van der Waals surface area contributed by atoms with Crippen molar-refractivity contribution in [2.24, 2.45) is 5.92 Å². The molecule has 0 radical (unpaired) electrons. The molecule has 1 amide bonds. The number of hydrogen-bond acceptors (Lipinski definition) is 5. The van der Waals surface area contributed by atoms with Crippen molar-refractivity contribution in [2.75, 3.05) is 26.0 Å². The minimum Gasteiger partial charge on any atom is -0.480 e. The lowest BCUT2D eigenvalue weighted by molar-refractivity contribution is -0.148. The standard InChI is InChI=1S/C12H19NO5S/c1-8(11(15)16)19-7-10(14)13-5-3-9(4-6-13)12(17)18-2/h8-9H,3-7H2,1-2H3,(H,15,16). The van der Waals surface area contributed by atoms with Crippen LogP contribution >= 0.6 is 11.8 Å². The summed E-state index contributed by atoms with van der Waals surface area (Å²) in [4.78, 5) is 35.5. The van der Waals surface area contributed by atoms with Gasteiger partial charge >= 0.3 is 11.9 Å². The van der Waals surface area contributed by atoms with Crippen LogP contribution in [0.2, 0.25) is 0 Å². The molecule has 1 heterocycles. The van der Waals surface area contributed by atoms with Gasteiger partial charge in [-0.3, -0.25) is 14.4 Å². The molecule has 1 aliphatic rings. The Hall–Kier alpha value is -1.24. The zero-order valence-corrected chi connectivity index (χ0v) is 11.9. The summed E-state index contributed by atoms with van der Waals surface area (Å²) < 4.78 is 4.68. The maximum absolute atomic E-state index is 11.9. The third kappa shape index (κ3) is 4.74. The van der Waals surface area contributed by atoms with Gasteiger partial charge in [-0.05, 0) is 19.8 Å². The number of thioether (sulfide) groups is 1. The van der Waals surface area contributed by atoms with E-state index >= 15 is 0 Å². The van der Waals surface area contributed by atoms with Crippen LogP contribution in [0.15, 0.2) is 0 Å². The Bertz CT molecular complexity index is 352. The van der Waals surface area contributed by atoms with Crippen LogP contribution in [0.5, 0.6) is 0 Å². The van der Waals surface area contributed by atoms with Crippen molar-refractivity contribution in [1.82, 2.24) is 4.90 Å². The monoisotopic (exact) mass is 289 g/mol. The maximum Gasteiger partial charge on any atom is 0.316 e. The quantitative estimate of drug-likeness (QED) is 0.746. The number of carbonyl (C=O) groups is 3. The second-order valence-corrected chi connectivity index (χ2v) is 5.80. The van der Waals surface area contributed by atoms with E-state index in [0.717, 1.165) is 11.8 Å². The van der Waals surface area contributed by atoms with Crippen molar-refractivity contribution in [3.63, 3.8) is 0 Å². The number of carboxylic acids is 1. The predicted molar refractivity (Wildman–Crippen MR) is 70.9 cm³/mol. The first-order valence-corrected chi connectivity index (χ1v) is 7.20. The van der Waals surface area contributed by atoms with E-state index in [9.17, 15) is 14.4 Å². The molecule has 1 rings (SSSR count). The van der Waals surface area contributed by atoms with E-state index < -0.39 is 11.2 Å². The number of methoxy groups -OCH3 is 1. The molecule has 1 unspecified atom stereocenters. The fraction of sp³-hybridized carbons (Fsp3) is 0.750. The average Bonchev–Trinajstić information content (AvgIpc) is 2.43. The zero-order chi connectivity index (χ0) is 14.4. The van der Waals surface area contributed by atoms with Crippen molar-refractivity contribution in [1.29, 1.82) is 0 Å². The minimum absolute atomic E-state index is 0.0681. The average molecular weight is 289 g/mol. The molecule has 1 N–H and O–H groups in total. The van der Waals surface area contributed by atoms with E-state index in [2.05, 4.69) is 4.74 Å². The van der Waals surface area contributed by atoms with E-state index in [1.54, 1.807) is 11.8 Å². The van der Waals surface area contributed by atoms with Crippen LogP contribution in [0.3, 0.4) is 0 Å². The molecule has 0 aromatic carbocycles. The van der Waals surface area contributed by atoms with Crippen molar-refractivity contribution >= 4 is 29.6 Å². The Kier molecular flexibility index (Phi) is 6.14. The van der Waals surface area contributed by atoms with Crippen LogP contribution in [-0.2, 0) is 19.1 Å². The first-order chi connectivity index (χ1) is 8.95. The van der Waals surface area contributed by atoms with Gasteiger partial charge in [0, 0.05) is 13.1 Å². The van der Waals surface area contributed by atoms with Crippen LogP contribution in [0, 0.1) is 5.92 Å². The van der Waals surface area contributed by atoms with Gasteiger partial charge in [-0.1, -0.05) is 0 Å². The van der Waals surface area contributed by atoms with Crippen molar-refractivity contribution in [3.05, 3.63) is 0 Å². The van der Waals surface area contributed by atoms with E-state index in [1.165, 1.54) is 7.11 Å². The Morgan fingerprint density at radius 3 is 2.42 bits per heavy atom. The summed E-state index contributed by atoms with van der Waals surface area (Å²) in [7, 11) is 1.36. The van der Waals surface area contributed by atoms with E-state index in [1.807, 2.05) is 0 Å². The second-order valence-electron chi connectivity index (χ2n) is 4.47. The number of likely N-dealkylation sites (tertiary alicyclic amines) is 1. The summed E-state index contributed by atoms with van der Waals surface area (Å²) in [5.41, 5.74) is 0. The lowest BCUT2D eigenvalue weighted by Crippen LogP contribution is -2.41. The van der Waals surface area contributed by atoms with E-state index in [4.69, 9.17) is 5.11 Å². The van der Waals surface area contributed by atoms with Crippen LogP contribution in [0.25, 0.3) is 0 Å². The SMILES string of the molecule is COC(=O)C1CCN(C(=O)CSC(C)C(=O)O)CC1. The number of rotatable bonds is 5. The summed E-state index contributed by atoms with van der Waals surface area (Å²) in [6, 6.07) is 0. The molecule has 6 nitrogen and oxygen atoms in total. The molecular weight excluding hydrogens is 270 g/mol. The highest BCUT2D eigenvalue weighted by Crippen LogP contribution is 2.20. The highest BCUT2D eigenvalue weighted by atomic mass is 32.2. The van der Waals surface area contributed by atoms with Gasteiger partial charge in [0.1, 0.15) is 0 Å². The number of ether oxygens (including phenoxy) is 1. The molecule has 0 aromatic rings. The Labute approximate surface area is 116 Å². The predicted octanol–water partition coefficient (Wildman–Crippen LogP) is 0.604. The maximum atomic E-state index is 11.9. The number of carboxylic acid groups (broad SMARTS) is 1. The lowest BCUT2D eigenvalue weighted by atomic mass is 9.97. The van der Waals surface area contributed by atoms with Crippen molar-refractivity contribution in [3.8, 4) is 0 Å². The topological polar surface area (TPSA) is 83.9 Å². The lowest BCUT2D eigenvalue weighted by Gasteiger charge is -2.30. The van der Waals surface area contributed by atoms with Crippen LogP contribution in [-0.4, -0.2) is 59.1 Å². The van der Waals surface area contributed by atoms with Gasteiger partial charge in [-0.2, -0.15) is 0 Å². The third-order valence-corrected chi connectivity index (χ3v) is 4.30. The molecule has 0 aromatic heterocycles. The molecule has 0 aliphatic carbocycles. The Morgan fingerprint density at radius 1 is 1.37 bits per heavy atom. The molecule has 0 saturated carbocycles. The first-order valence-electron chi connectivity index (χ1n) is 6.15. The molecular formula is C12H19NO5S. The summed E-state index contributed by atoms with van der Waals surface area (Å²) in [6.45, 7) is 2.62. The van der Waals surface area contributed by atoms with Crippen molar-refractivity contribution in [2.45, 2.75) is 25.0 Å². The van der Waals surface area contributed by atoms with Gasteiger partial charge in [0.25, 0.3) is 0 Å². The van der Waals surface area contributed by atoms with E-state index in [0.29, 0.717) is 25.9 Å². The summed E-state index contributed by atoms with van der Waals surface area (Å²) in [5, 5.41) is 8.14. The molecule has 1 aliphatic heterocycles. The van der Waals surface area contributed by atoms with Crippen LogP contribution in [0.1, 0.15) is 19.8 Å². The third-order valence-electron chi connectivity index (χ3n) is 3.19. The van der Waals surface area contributed by atoms with Crippen molar-refractivity contribution < 1.29 is 24.2 Å². The normalized spacial score (nSPS) is 17.9. The first kappa shape index (κ1) is 15.8. The fourth-order valence-corrected chi connectivity index (χ4v) is 2.61. The van der Waals surface area contributed by atoms with Gasteiger partial charge in [0.15, 0.2) is 0 Å². The molecule has 0 bridgehead atoms. The molecule has 7 heteroatoms. The van der Waals surface area contributed by atoms with Gasteiger partial charge < -0.3 is 14.7 Å². The van der Waals surface area contributed by atoms with Crippen LogP contribution in [0.4, 0.5) is 0 Å². The van der Waals surface area contributed by atoms with E-state index in [-0.39, 0.29) is 23.5 Å². The number of carbonyl (C=O) groups excluding carboxylic acids is 2. The minimum atomic E-state index is -0.915. The molecule has 19 heavy (non-hydrogen) atoms. The van der Waals surface area contributed by atoms with Gasteiger partial charge in [0.05, 0.1) is 24.0 Å². The highest BCUT2D eigenvalue weighted by molar-refractivity contribution is 8.01. The second kappa shape index (κ2) is 7.37. The molecule has 1 saturated heterocycles. The Balaban J connectivity index is 2.33. The van der Waals surface area contributed by atoms with Crippen LogP contribution < -0.4 is 0 Å². The fourth-order valence-electron chi connectivity index (χ4n) is 1.89. The number of aliphatic carboxylic acids is 1. The largest absolute Gasteiger partial charge is 0.480 e. The zero-order valence-electron chi connectivity index (χ0n) is 11.1. The number of esters is 1. The number of nitrogens with zero attached hydrogens (tertiary/aromatic N) is 1. The summed E-state index contributed by atoms with van der Waals surface area (Å²) in [5.74, 6) is -1.17.